The predicted octanol–water partition coefficient (Wildman–Crippen LogP) is 0.865. The summed E-state index contributed by atoms with van der Waals surface area (Å²) in [6.45, 7) is 3.23. The summed E-state index contributed by atoms with van der Waals surface area (Å²) in [7, 11) is -2.92. The summed E-state index contributed by atoms with van der Waals surface area (Å²) >= 11 is 0. The summed E-state index contributed by atoms with van der Waals surface area (Å²) in [6, 6.07) is -0.0643. The van der Waals surface area contributed by atoms with Gasteiger partial charge in [-0.1, -0.05) is 13.3 Å². The van der Waals surface area contributed by atoms with Gasteiger partial charge in [0.1, 0.15) is 6.29 Å². The highest BCUT2D eigenvalue weighted by atomic mass is 32.2. The minimum absolute atomic E-state index is 0.0643. The molecule has 5 heteroatoms. The van der Waals surface area contributed by atoms with Gasteiger partial charge in [-0.3, -0.25) is 4.90 Å². The van der Waals surface area contributed by atoms with Crippen LogP contribution in [0.25, 0.3) is 0 Å². The first-order chi connectivity index (χ1) is 7.59. The lowest BCUT2D eigenvalue weighted by Gasteiger charge is -2.31. The molecular weight excluding hydrogens is 226 g/mol. The van der Waals surface area contributed by atoms with Crippen LogP contribution in [0.5, 0.6) is 0 Å². The van der Waals surface area contributed by atoms with Crippen molar-refractivity contribution in [1.29, 1.82) is 0 Å². The van der Waals surface area contributed by atoms with Gasteiger partial charge in [-0.15, -0.1) is 0 Å². The average Bonchev–Trinajstić information content (AvgIpc) is 2.27. The van der Waals surface area contributed by atoms with Crippen molar-refractivity contribution in [3.63, 3.8) is 0 Å². The first-order valence-electron chi connectivity index (χ1n) is 5.99. The van der Waals surface area contributed by atoms with E-state index < -0.39 is 9.84 Å². The number of rotatable bonds is 6. The molecule has 1 aliphatic rings. The van der Waals surface area contributed by atoms with Gasteiger partial charge in [0.05, 0.1) is 11.8 Å². The molecule has 0 aromatic heterocycles. The Hall–Kier alpha value is -0.420. The lowest BCUT2D eigenvalue weighted by Crippen LogP contribution is -2.43. The van der Waals surface area contributed by atoms with Crippen LogP contribution in [-0.4, -0.2) is 50.2 Å². The van der Waals surface area contributed by atoms with E-state index in [9.17, 15) is 13.2 Å². The molecule has 1 heterocycles. The standard InChI is InChI=1S/C11H21NO3S/c1-2-8-16(14,15)9-7-12-6-4-3-5-11(12)10-13/h10-11H,2-9H2,1H3. The van der Waals surface area contributed by atoms with Crippen LogP contribution in [0.15, 0.2) is 0 Å². The number of carbonyl (C=O) groups is 1. The van der Waals surface area contributed by atoms with Gasteiger partial charge in [0.2, 0.25) is 0 Å². The maximum atomic E-state index is 11.6. The molecule has 1 atom stereocenters. The number of aldehydes is 1. The zero-order chi connectivity index (χ0) is 12.0. The molecule has 0 bridgehead atoms. The van der Waals surface area contributed by atoms with Gasteiger partial charge in [0.15, 0.2) is 9.84 Å². The Labute approximate surface area is 97.9 Å². The fourth-order valence-electron chi connectivity index (χ4n) is 2.12. The van der Waals surface area contributed by atoms with Gasteiger partial charge >= 0.3 is 0 Å². The molecular formula is C11H21NO3S. The Balaban J connectivity index is 2.43. The third kappa shape index (κ3) is 4.22. The molecule has 0 radical (unpaired) electrons. The van der Waals surface area contributed by atoms with Gasteiger partial charge < -0.3 is 4.79 Å². The molecule has 0 N–H and O–H groups in total. The second-order valence-electron chi connectivity index (χ2n) is 4.39. The van der Waals surface area contributed by atoms with Crippen LogP contribution in [-0.2, 0) is 14.6 Å². The molecule has 0 aromatic carbocycles. The van der Waals surface area contributed by atoms with Crippen LogP contribution in [0, 0.1) is 0 Å². The third-order valence-corrected chi connectivity index (χ3v) is 4.86. The van der Waals surface area contributed by atoms with Crippen molar-refractivity contribution in [2.45, 2.75) is 38.6 Å². The fourth-order valence-corrected chi connectivity index (χ4v) is 3.46. The van der Waals surface area contributed by atoms with E-state index in [-0.39, 0.29) is 17.5 Å². The Bertz CT molecular complexity index is 313. The molecule has 4 nitrogen and oxygen atoms in total. The van der Waals surface area contributed by atoms with E-state index in [0.29, 0.717) is 13.0 Å². The van der Waals surface area contributed by atoms with Crippen LogP contribution >= 0.6 is 0 Å². The smallest absolute Gasteiger partial charge is 0.151 e. The van der Waals surface area contributed by atoms with E-state index in [0.717, 1.165) is 32.1 Å². The van der Waals surface area contributed by atoms with E-state index >= 15 is 0 Å². The highest BCUT2D eigenvalue weighted by Gasteiger charge is 2.23. The molecule has 0 spiro atoms. The number of nitrogens with zero attached hydrogens (tertiary/aromatic N) is 1. The Morgan fingerprint density at radius 1 is 1.31 bits per heavy atom. The first-order valence-corrected chi connectivity index (χ1v) is 7.81. The molecule has 1 rings (SSSR count). The van der Waals surface area contributed by atoms with Gasteiger partial charge in [-0.2, -0.15) is 0 Å². The number of hydrogen-bond acceptors (Lipinski definition) is 4. The molecule has 1 aliphatic heterocycles. The van der Waals surface area contributed by atoms with Crippen LogP contribution < -0.4 is 0 Å². The van der Waals surface area contributed by atoms with Crippen LogP contribution in [0.3, 0.4) is 0 Å². The maximum Gasteiger partial charge on any atom is 0.151 e. The summed E-state index contributed by atoms with van der Waals surface area (Å²) in [5.74, 6) is 0.442. The Kier molecular flexibility index (Phi) is 5.41. The van der Waals surface area contributed by atoms with E-state index in [1.54, 1.807) is 0 Å². The van der Waals surface area contributed by atoms with E-state index in [2.05, 4.69) is 0 Å². The molecule has 1 fully saturated rings. The van der Waals surface area contributed by atoms with Crippen LogP contribution in [0.2, 0.25) is 0 Å². The predicted molar refractivity (Wildman–Crippen MR) is 64.2 cm³/mol. The first kappa shape index (κ1) is 13.6. The van der Waals surface area contributed by atoms with Crippen LogP contribution in [0.4, 0.5) is 0 Å². The molecule has 0 amide bonds. The monoisotopic (exact) mass is 247 g/mol. The van der Waals surface area contributed by atoms with Crippen molar-refractivity contribution in [1.82, 2.24) is 4.90 Å². The number of piperidine rings is 1. The van der Waals surface area contributed by atoms with Crippen LogP contribution in [0.1, 0.15) is 32.6 Å². The summed E-state index contributed by atoms with van der Waals surface area (Å²) in [5, 5.41) is 0. The number of carbonyl (C=O) groups excluding carboxylic acids is 1. The van der Waals surface area contributed by atoms with Crippen molar-refractivity contribution in [2.75, 3.05) is 24.6 Å². The van der Waals surface area contributed by atoms with Gasteiger partial charge in [0.25, 0.3) is 0 Å². The van der Waals surface area contributed by atoms with Gasteiger partial charge in [0, 0.05) is 12.3 Å². The van der Waals surface area contributed by atoms with E-state index in [4.69, 9.17) is 0 Å². The second-order valence-corrected chi connectivity index (χ2v) is 6.69. The van der Waals surface area contributed by atoms with E-state index in [1.807, 2.05) is 11.8 Å². The van der Waals surface area contributed by atoms with Crippen molar-refractivity contribution in [3.05, 3.63) is 0 Å². The molecule has 0 saturated carbocycles. The largest absolute Gasteiger partial charge is 0.302 e. The van der Waals surface area contributed by atoms with Crippen molar-refractivity contribution in [2.24, 2.45) is 0 Å². The Morgan fingerprint density at radius 3 is 2.69 bits per heavy atom. The highest BCUT2D eigenvalue weighted by Crippen LogP contribution is 2.15. The summed E-state index contributed by atoms with van der Waals surface area (Å²) in [5.41, 5.74) is 0. The van der Waals surface area contributed by atoms with Gasteiger partial charge in [-0.25, -0.2) is 8.42 Å². The van der Waals surface area contributed by atoms with Crippen molar-refractivity contribution >= 4 is 16.1 Å². The zero-order valence-corrected chi connectivity index (χ0v) is 10.7. The quantitative estimate of drug-likeness (QED) is 0.653. The summed E-state index contributed by atoms with van der Waals surface area (Å²) in [6.07, 6.45) is 4.63. The summed E-state index contributed by atoms with van der Waals surface area (Å²) < 4.78 is 23.1. The second kappa shape index (κ2) is 6.35. The molecule has 16 heavy (non-hydrogen) atoms. The topological polar surface area (TPSA) is 54.5 Å². The molecule has 94 valence electrons. The Morgan fingerprint density at radius 2 is 2.06 bits per heavy atom. The molecule has 1 saturated heterocycles. The molecule has 0 aromatic rings. The SMILES string of the molecule is CCCS(=O)(=O)CCN1CCCCC1C=O. The number of likely N-dealkylation sites (tertiary alicyclic amines) is 1. The number of sulfone groups is 1. The minimum Gasteiger partial charge on any atom is -0.302 e. The molecule has 1 unspecified atom stereocenters. The fraction of sp³-hybridized carbons (Fsp3) is 0.909. The third-order valence-electron chi connectivity index (χ3n) is 3.03. The van der Waals surface area contributed by atoms with E-state index in [1.165, 1.54) is 0 Å². The highest BCUT2D eigenvalue weighted by molar-refractivity contribution is 7.91. The normalized spacial score (nSPS) is 23.2. The lowest BCUT2D eigenvalue weighted by molar-refractivity contribution is -0.113. The minimum atomic E-state index is -2.92. The van der Waals surface area contributed by atoms with Gasteiger partial charge in [-0.05, 0) is 25.8 Å². The lowest BCUT2D eigenvalue weighted by atomic mass is 10.0. The zero-order valence-electron chi connectivity index (χ0n) is 9.89. The van der Waals surface area contributed by atoms with Crippen molar-refractivity contribution < 1.29 is 13.2 Å². The van der Waals surface area contributed by atoms with Crippen molar-refractivity contribution in [3.8, 4) is 0 Å². The molecule has 0 aliphatic carbocycles. The maximum absolute atomic E-state index is 11.6. The number of hydrogen-bond donors (Lipinski definition) is 0. The summed E-state index contributed by atoms with van der Waals surface area (Å²) in [4.78, 5) is 12.8. The average molecular weight is 247 g/mol.